The summed E-state index contributed by atoms with van der Waals surface area (Å²) in [6, 6.07) is 5.96. The number of halogens is 3. The molecule has 1 aromatic carbocycles. The zero-order chi connectivity index (χ0) is 14.7. The van der Waals surface area contributed by atoms with Gasteiger partial charge in [0, 0.05) is 5.56 Å². The lowest BCUT2D eigenvalue weighted by molar-refractivity contribution is -0.0498. The van der Waals surface area contributed by atoms with E-state index in [9.17, 15) is 13.6 Å². The molecule has 4 nitrogen and oxygen atoms in total. The van der Waals surface area contributed by atoms with Crippen molar-refractivity contribution in [3.05, 3.63) is 43.9 Å². The topological polar surface area (TPSA) is 55.0 Å². The third-order valence-corrected chi connectivity index (χ3v) is 3.73. The molecule has 7 heteroatoms. The summed E-state index contributed by atoms with van der Waals surface area (Å²) in [4.78, 5) is 18.8. The Morgan fingerprint density at radius 1 is 1.35 bits per heavy atom. The van der Waals surface area contributed by atoms with Gasteiger partial charge in [0.15, 0.2) is 0 Å². The summed E-state index contributed by atoms with van der Waals surface area (Å²) in [5.74, 6) is 0.475. The van der Waals surface area contributed by atoms with Gasteiger partial charge in [0.05, 0.1) is 9.26 Å². The Kier molecular flexibility index (Phi) is 4.69. The molecule has 0 atom stereocenters. The molecule has 0 saturated carbocycles. The predicted octanol–water partition coefficient (Wildman–Crippen LogP) is 3.21. The first-order valence-corrected chi connectivity index (χ1v) is 6.93. The first-order chi connectivity index (χ1) is 9.51. The summed E-state index contributed by atoms with van der Waals surface area (Å²) in [6.45, 7) is -0.948. The maximum absolute atomic E-state index is 12.1. The van der Waals surface area contributed by atoms with Gasteiger partial charge < -0.3 is 9.72 Å². The summed E-state index contributed by atoms with van der Waals surface area (Å²) in [7, 11) is 0. The number of aromatic nitrogens is 2. The van der Waals surface area contributed by atoms with Gasteiger partial charge in [0.25, 0.3) is 5.56 Å². The molecule has 0 amide bonds. The number of aryl methyl sites for hydroxylation is 1. The summed E-state index contributed by atoms with van der Waals surface area (Å²) in [5.41, 5.74) is 1.13. The Hall–Kier alpha value is -1.51. The maximum Gasteiger partial charge on any atom is 0.387 e. The minimum Gasteiger partial charge on any atom is -0.435 e. The van der Waals surface area contributed by atoms with Gasteiger partial charge in [-0.15, -0.1) is 0 Å². The van der Waals surface area contributed by atoms with E-state index in [-0.39, 0.29) is 11.3 Å². The molecule has 0 aliphatic carbocycles. The van der Waals surface area contributed by atoms with Crippen LogP contribution in [0.5, 0.6) is 5.75 Å². The molecule has 0 fully saturated rings. The van der Waals surface area contributed by atoms with Gasteiger partial charge >= 0.3 is 6.61 Å². The highest BCUT2D eigenvalue weighted by Gasteiger charge is 2.09. The lowest BCUT2D eigenvalue weighted by Gasteiger charge is -2.07. The molecule has 0 radical (unpaired) electrons. The van der Waals surface area contributed by atoms with Crippen LogP contribution in [0.1, 0.15) is 12.6 Å². The van der Waals surface area contributed by atoms with E-state index in [2.05, 4.69) is 14.7 Å². The fourth-order valence-corrected chi connectivity index (χ4v) is 2.31. The number of benzene rings is 1. The summed E-state index contributed by atoms with van der Waals surface area (Å²) in [6.07, 6.45) is 0.641. The third-order valence-electron chi connectivity index (χ3n) is 2.62. The first kappa shape index (κ1) is 14.9. The maximum atomic E-state index is 12.1. The smallest absolute Gasteiger partial charge is 0.387 e. The van der Waals surface area contributed by atoms with Crippen molar-refractivity contribution in [3.8, 4) is 17.1 Å². The van der Waals surface area contributed by atoms with E-state index in [0.29, 0.717) is 27.1 Å². The van der Waals surface area contributed by atoms with Crippen LogP contribution in [-0.4, -0.2) is 16.6 Å². The Labute approximate surface area is 127 Å². The van der Waals surface area contributed by atoms with Crippen molar-refractivity contribution in [1.82, 2.24) is 9.97 Å². The van der Waals surface area contributed by atoms with Crippen LogP contribution in [0.3, 0.4) is 0 Å². The van der Waals surface area contributed by atoms with Crippen molar-refractivity contribution in [2.24, 2.45) is 0 Å². The number of hydrogen-bond donors (Lipinski definition) is 1. The number of alkyl halides is 2. The van der Waals surface area contributed by atoms with Crippen LogP contribution in [0, 0.1) is 3.57 Å². The minimum absolute atomic E-state index is 0.0623. The number of rotatable bonds is 4. The minimum atomic E-state index is -2.86. The molecular weight excluding hydrogens is 381 g/mol. The second-order valence-corrected chi connectivity index (χ2v) is 5.01. The fourth-order valence-electron chi connectivity index (χ4n) is 1.67. The molecule has 1 heterocycles. The van der Waals surface area contributed by atoms with Gasteiger partial charge in [-0.05, 0) is 53.3 Å². The molecule has 106 valence electrons. The lowest BCUT2D eigenvalue weighted by atomic mass is 10.2. The molecule has 0 spiro atoms. The summed E-state index contributed by atoms with van der Waals surface area (Å²) < 4.78 is 28.9. The monoisotopic (exact) mass is 392 g/mol. The molecule has 0 aliphatic heterocycles. The molecule has 1 aromatic heterocycles. The number of H-pyrrole nitrogens is 1. The third kappa shape index (κ3) is 3.33. The Balaban J connectivity index is 2.37. The van der Waals surface area contributed by atoms with Crippen molar-refractivity contribution in [2.45, 2.75) is 20.0 Å². The first-order valence-electron chi connectivity index (χ1n) is 5.85. The summed E-state index contributed by atoms with van der Waals surface area (Å²) in [5, 5.41) is 0. The highest BCUT2D eigenvalue weighted by Crippen LogP contribution is 2.21. The van der Waals surface area contributed by atoms with Crippen molar-refractivity contribution in [2.75, 3.05) is 0 Å². The molecule has 1 N–H and O–H groups in total. The molecule has 20 heavy (non-hydrogen) atoms. The van der Waals surface area contributed by atoms with Gasteiger partial charge in [-0.1, -0.05) is 6.92 Å². The second kappa shape index (κ2) is 6.29. The Morgan fingerprint density at radius 2 is 2.00 bits per heavy atom. The van der Waals surface area contributed by atoms with Gasteiger partial charge in [0.1, 0.15) is 11.6 Å². The highest BCUT2D eigenvalue weighted by molar-refractivity contribution is 14.1. The van der Waals surface area contributed by atoms with E-state index in [1.165, 1.54) is 12.1 Å². The largest absolute Gasteiger partial charge is 0.435 e. The SMILES string of the molecule is CCc1nc(-c2ccc(OC(F)F)cc2)[nH]c(=O)c1I. The van der Waals surface area contributed by atoms with Crippen LogP contribution in [-0.2, 0) is 6.42 Å². The fraction of sp³-hybridized carbons (Fsp3) is 0.231. The predicted molar refractivity (Wildman–Crippen MR) is 79.0 cm³/mol. The Morgan fingerprint density at radius 3 is 2.55 bits per heavy atom. The van der Waals surface area contributed by atoms with Crippen molar-refractivity contribution >= 4 is 22.6 Å². The van der Waals surface area contributed by atoms with Crippen LogP contribution in [0.2, 0.25) is 0 Å². The zero-order valence-corrected chi connectivity index (χ0v) is 12.6. The van der Waals surface area contributed by atoms with Gasteiger partial charge in [-0.3, -0.25) is 4.79 Å². The average molecular weight is 392 g/mol. The highest BCUT2D eigenvalue weighted by atomic mass is 127. The standard InChI is InChI=1S/C13H11F2IN2O2/c1-2-9-10(16)12(19)18-11(17-9)7-3-5-8(6-4-7)20-13(14)15/h3-6,13H,2H2,1H3,(H,17,18,19). The molecule has 0 bridgehead atoms. The molecule has 0 saturated heterocycles. The average Bonchev–Trinajstić information content (AvgIpc) is 2.42. The van der Waals surface area contributed by atoms with Crippen LogP contribution < -0.4 is 10.3 Å². The van der Waals surface area contributed by atoms with Crippen molar-refractivity contribution < 1.29 is 13.5 Å². The lowest BCUT2D eigenvalue weighted by Crippen LogP contribution is -2.15. The number of hydrogen-bond acceptors (Lipinski definition) is 3. The van der Waals surface area contributed by atoms with Crippen molar-refractivity contribution in [1.29, 1.82) is 0 Å². The molecule has 0 aliphatic rings. The van der Waals surface area contributed by atoms with E-state index in [1.54, 1.807) is 12.1 Å². The van der Waals surface area contributed by atoms with Crippen molar-refractivity contribution in [3.63, 3.8) is 0 Å². The molecular formula is C13H11F2IN2O2. The van der Waals surface area contributed by atoms with Crippen LogP contribution in [0.15, 0.2) is 29.1 Å². The molecule has 2 aromatic rings. The number of nitrogens with one attached hydrogen (secondary N) is 1. The van der Waals surface area contributed by atoms with E-state index in [0.717, 1.165) is 0 Å². The number of aromatic amines is 1. The van der Waals surface area contributed by atoms with Crippen LogP contribution in [0.25, 0.3) is 11.4 Å². The summed E-state index contributed by atoms with van der Waals surface area (Å²) >= 11 is 1.95. The number of ether oxygens (including phenoxy) is 1. The van der Waals surface area contributed by atoms with E-state index >= 15 is 0 Å². The van der Waals surface area contributed by atoms with E-state index in [4.69, 9.17) is 0 Å². The van der Waals surface area contributed by atoms with Crippen LogP contribution in [0.4, 0.5) is 8.78 Å². The van der Waals surface area contributed by atoms with Gasteiger partial charge in [-0.25, -0.2) is 4.98 Å². The van der Waals surface area contributed by atoms with E-state index in [1.807, 2.05) is 29.5 Å². The number of nitrogens with zero attached hydrogens (tertiary/aromatic N) is 1. The van der Waals surface area contributed by atoms with Crippen LogP contribution >= 0.6 is 22.6 Å². The van der Waals surface area contributed by atoms with Gasteiger partial charge in [0.2, 0.25) is 0 Å². The zero-order valence-electron chi connectivity index (χ0n) is 10.5. The normalized spacial score (nSPS) is 10.8. The molecule has 0 unspecified atom stereocenters. The second-order valence-electron chi connectivity index (χ2n) is 3.93. The quantitative estimate of drug-likeness (QED) is 0.814. The van der Waals surface area contributed by atoms with Gasteiger partial charge in [-0.2, -0.15) is 8.78 Å². The van der Waals surface area contributed by atoms with E-state index < -0.39 is 6.61 Å². The molecule has 2 rings (SSSR count). The Bertz CT molecular complexity index is 656.